The Morgan fingerprint density at radius 3 is 3.12 bits per heavy atom. The van der Waals surface area contributed by atoms with Gasteiger partial charge in [-0.1, -0.05) is 11.6 Å². The molecule has 3 rings (SSSR count). The summed E-state index contributed by atoms with van der Waals surface area (Å²) in [5, 5.41) is 4.44. The summed E-state index contributed by atoms with van der Waals surface area (Å²) in [4.78, 5) is 12.1. The van der Waals surface area contributed by atoms with Crippen LogP contribution in [0.3, 0.4) is 0 Å². The maximum Gasteiger partial charge on any atom is 0.255 e. The molecule has 0 saturated heterocycles. The third-order valence-corrected chi connectivity index (χ3v) is 4.26. The van der Waals surface area contributed by atoms with Crippen molar-refractivity contribution in [3.63, 3.8) is 0 Å². The van der Waals surface area contributed by atoms with E-state index in [4.69, 9.17) is 11.6 Å². The Morgan fingerprint density at radius 2 is 2.35 bits per heavy atom. The van der Waals surface area contributed by atoms with Gasteiger partial charge in [-0.15, -0.1) is 0 Å². The fourth-order valence-corrected chi connectivity index (χ4v) is 2.99. The molecule has 1 atom stereocenters. The lowest BCUT2D eigenvalue weighted by molar-refractivity contribution is 0.0942. The molecule has 0 aliphatic carbocycles. The summed E-state index contributed by atoms with van der Waals surface area (Å²) >= 11 is 9.62. The normalized spacial score (nSPS) is 19.2. The van der Waals surface area contributed by atoms with Crippen molar-refractivity contribution in [2.24, 2.45) is 0 Å². The molecule has 88 valence electrons. The lowest BCUT2D eigenvalue weighted by atomic mass is 10.1. The molecule has 1 aromatic heterocycles. The van der Waals surface area contributed by atoms with Crippen LogP contribution in [0, 0.1) is 0 Å². The third kappa shape index (κ3) is 1.58. The van der Waals surface area contributed by atoms with Crippen molar-refractivity contribution in [3.05, 3.63) is 33.4 Å². The Labute approximate surface area is 112 Å². The number of hydrogen-bond acceptors (Lipinski definition) is 1. The highest BCUT2D eigenvalue weighted by Crippen LogP contribution is 2.35. The van der Waals surface area contributed by atoms with Gasteiger partial charge in [0, 0.05) is 28.6 Å². The quantitative estimate of drug-likeness (QED) is 0.796. The van der Waals surface area contributed by atoms with Gasteiger partial charge >= 0.3 is 0 Å². The highest BCUT2D eigenvalue weighted by Gasteiger charge is 2.24. The van der Waals surface area contributed by atoms with E-state index in [1.165, 1.54) is 0 Å². The smallest absolute Gasteiger partial charge is 0.255 e. The molecule has 0 saturated carbocycles. The maximum absolute atomic E-state index is 12.1. The van der Waals surface area contributed by atoms with Gasteiger partial charge in [0.2, 0.25) is 0 Å². The zero-order valence-corrected chi connectivity index (χ0v) is 11.5. The van der Waals surface area contributed by atoms with E-state index in [-0.39, 0.29) is 11.9 Å². The molecule has 1 amide bonds. The predicted molar refractivity (Wildman–Crippen MR) is 71.6 cm³/mol. The van der Waals surface area contributed by atoms with Crippen molar-refractivity contribution in [2.75, 3.05) is 0 Å². The van der Waals surface area contributed by atoms with E-state index >= 15 is 0 Å². The van der Waals surface area contributed by atoms with E-state index < -0.39 is 0 Å². The molecule has 2 heterocycles. The highest BCUT2D eigenvalue weighted by atomic mass is 79.9. The average Bonchev–Trinajstić information content (AvgIpc) is 2.57. The standard InChI is InChI=1S/C12H10BrClN2O/c1-6-5-16-3-2-7-4-8(13)10(14)9(11(7)16)12(17)15-6/h2-4,6H,5H2,1H3,(H,15,17). The summed E-state index contributed by atoms with van der Waals surface area (Å²) in [6.45, 7) is 2.75. The van der Waals surface area contributed by atoms with Crippen molar-refractivity contribution in [1.82, 2.24) is 9.88 Å². The van der Waals surface area contributed by atoms with Crippen LogP contribution in [-0.4, -0.2) is 16.5 Å². The summed E-state index contributed by atoms with van der Waals surface area (Å²) in [6, 6.07) is 4.05. The first-order chi connectivity index (χ1) is 8.08. The van der Waals surface area contributed by atoms with Gasteiger partial charge in [0.15, 0.2) is 0 Å². The number of nitrogens with one attached hydrogen (secondary N) is 1. The van der Waals surface area contributed by atoms with E-state index in [9.17, 15) is 4.79 Å². The molecule has 1 unspecified atom stereocenters. The molecule has 1 aliphatic heterocycles. The average molecular weight is 314 g/mol. The molecule has 2 aromatic rings. The van der Waals surface area contributed by atoms with Gasteiger partial charge in [-0.3, -0.25) is 4.79 Å². The first-order valence-corrected chi connectivity index (χ1v) is 6.52. The molecule has 3 nitrogen and oxygen atoms in total. The lowest BCUT2D eigenvalue weighted by Gasteiger charge is -2.10. The van der Waals surface area contributed by atoms with Crippen LogP contribution in [0.25, 0.3) is 10.9 Å². The summed E-state index contributed by atoms with van der Waals surface area (Å²) in [6.07, 6.45) is 1.99. The molecule has 1 aliphatic rings. The van der Waals surface area contributed by atoms with Gasteiger partial charge < -0.3 is 9.88 Å². The summed E-state index contributed by atoms with van der Waals surface area (Å²) in [5.41, 5.74) is 1.48. The zero-order valence-electron chi connectivity index (χ0n) is 9.13. The van der Waals surface area contributed by atoms with Crippen LogP contribution in [0.5, 0.6) is 0 Å². The summed E-state index contributed by atoms with van der Waals surface area (Å²) < 4.78 is 2.83. The number of amides is 1. The first-order valence-electron chi connectivity index (χ1n) is 5.35. The molecule has 17 heavy (non-hydrogen) atoms. The SMILES string of the molecule is CC1Cn2ccc3cc(Br)c(Cl)c(c32)C(=O)N1. The number of carbonyl (C=O) groups excluding carboxylic acids is 1. The highest BCUT2D eigenvalue weighted by molar-refractivity contribution is 9.10. The minimum absolute atomic E-state index is 0.0975. The number of nitrogens with zero attached hydrogens (tertiary/aromatic N) is 1. The second-order valence-corrected chi connectivity index (χ2v) is 5.56. The fraction of sp³-hybridized carbons (Fsp3) is 0.250. The third-order valence-electron chi connectivity index (χ3n) is 3.02. The van der Waals surface area contributed by atoms with Crippen LogP contribution in [0.15, 0.2) is 22.8 Å². The number of carbonyl (C=O) groups is 1. The zero-order chi connectivity index (χ0) is 12.2. The number of aromatic nitrogens is 1. The number of hydrogen-bond donors (Lipinski definition) is 1. The monoisotopic (exact) mass is 312 g/mol. The largest absolute Gasteiger partial charge is 0.348 e. The van der Waals surface area contributed by atoms with Gasteiger partial charge in [0.05, 0.1) is 16.1 Å². The van der Waals surface area contributed by atoms with E-state index in [2.05, 4.69) is 25.8 Å². The van der Waals surface area contributed by atoms with Gasteiger partial charge in [-0.2, -0.15) is 0 Å². The summed E-state index contributed by atoms with van der Waals surface area (Å²) in [5.74, 6) is -0.105. The van der Waals surface area contributed by atoms with Gasteiger partial charge in [-0.25, -0.2) is 0 Å². The van der Waals surface area contributed by atoms with Crippen molar-refractivity contribution in [2.45, 2.75) is 19.5 Å². The Morgan fingerprint density at radius 1 is 1.59 bits per heavy atom. The van der Waals surface area contributed by atoms with Crippen LogP contribution < -0.4 is 5.32 Å². The minimum Gasteiger partial charge on any atom is -0.348 e. The molecular formula is C12H10BrClN2O. The molecule has 1 aromatic carbocycles. The van der Waals surface area contributed by atoms with Crippen molar-refractivity contribution < 1.29 is 4.79 Å². The van der Waals surface area contributed by atoms with Crippen molar-refractivity contribution in [1.29, 1.82) is 0 Å². The van der Waals surface area contributed by atoms with Crippen molar-refractivity contribution in [3.8, 4) is 0 Å². The molecule has 0 bridgehead atoms. The van der Waals surface area contributed by atoms with E-state index in [1.54, 1.807) is 0 Å². The van der Waals surface area contributed by atoms with E-state index in [1.807, 2.05) is 25.3 Å². The van der Waals surface area contributed by atoms with Gasteiger partial charge in [-0.05, 0) is 35.0 Å². The Kier molecular flexibility index (Phi) is 2.45. The Hall–Kier alpha value is -1.00. The molecule has 0 spiro atoms. The van der Waals surface area contributed by atoms with Gasteiger partial charge in [0.1, 0.15) is 0 Å². The van der Waals surface area contributed by atoms with Crippen LogP contribution in [0.4, 0.5) is 0 Å². The topological polar surface area (TPSA) is 34.0 Å². The predicted octanol–water partition coefficient (Wildman–Crippen LogP) is 3.19. The minimum atomic E-state index is -0.105. The van der Waals surface area contributed by atoms with Gasteiger partial charge in [0.25, 0.3) is 5.91 Å². The molecule has 1 N–H and O–H groups in total. The first kappa shape index (κ1) is 11.1. The Balaban J connectivity index is 2.44. The number of benzene rings is 1. The molecule has 5 heteroatoms. The second-order valence-electron chi connectivity index (χ2n) is 4.33. The molecule has 0 fully saturated rings. The molecular weight excluding hydrogens is 304 g/mol. The van der Waals surface area contributed by atoms with E-state index in [0.29, 0.717) is 10.6 Å². The molecule has 0 radical (unpaired) electrons. The van der Waals surface area contributed by atoms with Crippen LogP contribution >= 0.6 is 27.5 Å². The summed E-state index contributed by atoms with van der Waals surface area (Å²) in [7, 11) is 0. The van der Waals surface area contributed by atoms with Crippen LogP contribution in [-0.2, 0) is 6.54 Å². The second kappa shape index (κ2) is 3.75. The van der Waals surface area contributed by atoms with E-state index in [0.717, 1.165) is 21.9 Å². The Bertz CT molecular complexity index is 635. The van der Waals surface area contributed by atoms with Crippen LogP contribution in [0.1, 0.15) is 17.3 Å². The number of rotatable bonds is 0. The van der Waals surface area contributed by atoms with Crippen LogP contribution in [0.2, 0.25) is 5.02 Å². The lowest BCUT2D eigenvalue weighted by Crippen LogP contribution is -2.33. The number of halogens is 2. The van der Waals surface area contributed by atoms with Crippen molar-refractivity contribution >= 4 is 44.3 Å². The maximum atomic E-state index is 12.1. The fourth-order valence-electron chi connectivity index (χ4n) is 2.31.